The lowest BCUT2D eigenvalue weighted by atomic mass is 9.75. The number of benzene rings is 8. The Morgan fingerprint density at radius 1 is 0.473 bits per heavy atom. The van der Waals surface area contributed by atoms with Crippen LogP contribution < -0.4 is 0 Å². The van der Waals surface area contributed by atoms with Gasteiger partial charge in [-0.05, 0) is 108 Å². The average Bonchev–Trinajstić information content (AvgIpc) is 3.59. The van der Waals surface area contributed by atoms with Gasteiger partial charge in [-0.1, -0.05) is 158 Å². The topological polar surface area (TPSA) is 17.8 Å². The van der Waals surface area contributed by atoms with Crippen LogP contribution in [-0.2, 0) is 6.42 Å². The molecule has 8 aromatic carbocycles. The maximum Gasteiger partial charge on any atom is 0.0571 e. The molecule has 1 aliphatic carbocycles. The second-order valence-corrected chi connectivity index (χ2v) is 14.6. The molecular weight excluding hydrogens is 665 g/mol. The predicted molar refractivity (Wildman–Crippen MR) is 232 cm³/mol. The molecule has 0 saturated heterocycles. The van der Waals surface area contributed by atoms with E-state index in [0.29, 0.717) is 0 Å². The van der Waals surface area contributed by atoms with Gasteiger partial charge in [0, 0.05) is 34.8 Å². The Morgan fingerprint density at radius 2 is 1.09 bits per heavy atom. The second kappa shape index (κ2) is 12.8. The summed E-state index contributed by atoms with van der Waals surface area (Å²) in [5.41, 5.74) is 15.2. The summed E-state index contributed by atoms with van der Waals surface area (Å²) in [6.45, 7) is 0. The monoisotopic (exact) mass is 700 g/mol. The summed E-state index contributed by atoms with van der Waals surface area (Å²) in [5, 5.41) is 7.54. The van der Waals surface area contributed by atoms with E-state index in [9.17, 15) is 0 Å². The van der Waals surface area contributed by atoms with Crippen molar-refractivity contribution >= 4 is 49.4 Å². The first-order valence-corrected chi connectivity index (χ1v) is 19.1. The molecule has 0 bridgehead atoms. The molecule has 2 heterocycles. The highest BCUT2D eigenvalue weighted by atomic mass is 15.0. The highest BCUT2D eigenvalue weighted by molar-refractivity contribution is 6.12. The third kappa shape index (κ3) is 5.06. The number of nitrogens with zero attached hydrogens (tertiary/aromatic N) is 2. The number of aromatic nitrogens is 2. The van der Waals surface area contributed by atoms with Gasteiger partial charge in [0.1, 0.15) is 0 Å². The second-order valence-electron chi connectivity index (χ2n) is 14.6. The van der Waals surface area contributed by atoms with Gasteiger partial charge in [-0.2, -0.15) is 0 Å². The highest BCUT2D eigenvalue weighted by Gasteiger charge is 2.26. The Morgan fingerprint density at radius 3 is 1.84 bits per heavy atom. The van der Waals surface area contributed by atoms with Crippen LogP contribution in [0.5, 0.6) is 0 Å². The lowest BCUT2D eigenvalue weighted by molar-refractivity contribution is 0.837. The van der Waals surface area contributed by atoms with Crippen molar-refractivity contribution in [2.24, 2.45) is 0 Å². The van der Waals surface area contributed by atoms with Gasteiger partial charge in [-0.3, -0.25) is 4.98 Å². The lowest BCUT2D eigenvalue weighted by Crippen LogP contribution is -2.10. The fourth-order valence-corrected chi connectivity index (χ4v) is 9.26. The summed E-state index contributed by atoms with van der Waals surface area (Å²) in [4.78, 5) is 4.55. The summed E-state index contributed by atoms with van der Waals surface area (Å²) in [6.07, 6.45) is 9.68. The Hall–Kier alpha value is -7.03. The van der Waals surface area contributed by atoms with E-state index in [-0.39, 0.29) is 5.92 Å². The van der Waals surface area contributed by atoms with Gasteiger partial charge < -0.3 is 4.57 Å². The summed E-state index contributed by atoms with van der Waals surface area (Å²) in [7, 11) is 0. The van der Waals surface area contributed by atoms with Crippen molar-refractivity contribution < 1.29 is 0 Å². The summed E-state index contributed by atoms with van der Waals surface area (Å²) >= 11 is 0. The molecule has 1 aliphatic rings. The molecule has 0 spiro atoms. The molecule has 0 amide bonds. The van der Waals surface area contributed by atoms with E-state index in [1.165, 1.54) is 82.5 Å². The van der Waals surface area contributed by atoms with E-state index < -0.39 is 0 Å². The number of allylic oxidation sites excluding steroid dienone is 1. The fourth-order valence-electron chi connectivity index (χ4n) is 9.26. The first-order valence-electron chi connectivity index (χ1n) is 19.1. The Balaban J connectivity index is 1.08. The minimum atomic E-state index is 0.219. The number of hydrogen-bond acceptors (Lipinski definition) is 1. The molecule has 2 heteroatoms. The number of para-hydroxylation sites is 1. The average molecular weight is 701 g/mol. The first-order chi connectivity index (χ1) is 27.3. The third-order valence-corrected chi connectivity index (χ3v) is 11.7. The smallest absolute Gasteiger partial charge is 0.0571 e. The van der Waals surface area contributed by atoms with E-state index in [0.717, 1.165) is 23.0 Å². The van der Waals surface area contributed by atoms with Gasteiger partial charge in [-0.15, -0.1) is 0 Å². The molecule has 0 aliphatic heterocycles. The van der Waals surface area contributed by atoms with Crippen LogP contribution in [0.4, 0.5) is 0 Å². The van der Waals surface area contributed by atoms with E-state index >= 15 is 0 Å². The number of pyridine rings is 1. The Kier molecular flexibility index (Phi) is 7.34. The van der Waals surface area contributed by atoms with Crippen LogP contribution in [0.2, 0.25) is 0 Å². The van der Waals surface area contributed by atoms with Gasteiger partial charge in [-0.25, -0.2) is 0 Å². The molecule has 1 unspecified atom stereocenters. The van der Waals surface area contributed by atoms with Crippen molar-refractivity contribution in [2.75, 3.05) is 0 Å². The van der Waals surface area contributed by atoms with Gasteiger partial charge >= 0.3 is 0 Å². The maximum absolute atomic E-state index is 4.55. The van der Waals surface area contributed by atoms with Crippen molar-refractivity contribution in [1.29, 1.82) is 0 Å². The Labute approximate surface area is 320 Å². The van der Waals surface area contributed by atoms with Crippen LogP contribution in [0.1, 0.15) is 22.6 Å². The van der Waals surface area contributed by atoms with Crippen LogP contribution in [0, 0.1) is 0 Å². The molecule has 2 aromatic heterocycles. The van der Waals surface area contributed by atoms with Crippen LogP contribution in [0.25, 0.3) is 88.5 Å². The molecule has 0 saturated carbocycles. The minimum Gasteiger partial charge on any atom is -0.309 e. The van der Waals surface area contributed by atoms with Crippen molar-refractivity contribution in [3.8, 4) is 39.1 Å². The number of rotatable bonds is 5. The maximum atomic E-state index is 4.55. The van der Waals surface area contributed by atoms with Crippen LogP contribution in [-0.4, -0.2) is 9.55 Å². The molecule has 11 rings (SSSR count). The molecule has 258 valence electrons. The van der Waals surface area contributed by atoms with E-state index in [1.807, 2.05) is 12.4 Å². The van der Waals surface area contributed by atoms with E-state index in [4.69, 9.17) is 0 Å². The van der Waals surface area contributed by atoms with E-state index in [2.05, 4.69) is 198 Å². The predicted octanol–water partition coefficient (Wildman–Crippen LogP) is 13.8. The first kappa shape index (κ1) is 31.5. The van der Waals surface area contributed by atoms with Crippen molar-refractivity contribution in [3.05, 3.63) is 211 Å². The van der Waals surface area contributed by atoms with Gasteiger partial charge in [0.15, 0.2) is 0 Å². The summed E-state index contributed by atoms with van der Waals surface area (Å²) in [6, 6.07) is 64.2. The van der Waals surface area contributed by atoms with Crippen molar-refractivity contribution in [2.45, 2.75) is 12.3 Å². The Bertz CT molecular complexity index is 3100. The SMILES string of the molecule is C1=CC(c2ccc(-c3ccc4c(c3)c3cnccc3n4-c3ccccc3)c3ccccc23)Cc2c1c(-c1ccccc1)c1ccccc1c2-c1ccccc1. The summed E-state index contributed by atoms with van der Waals surface area (Å²) in [5.74, 6) is 0.219. The van der Waals surface area contributed by atoms with Crippen molar-refractivity contribution in [3.63, 3.8) is 0 Å². The van der Waals surface area contributed by atoms with Gasteiger partial charge in [0.2, 0.25) is 0 Å². The van der Waals surface area contributed by atoms with Crippen LogP contribution in [0.3, 0.4) is 0 Å². The largest absolute Gasteiger partial charge is 0.309 e. The lowest BCUT2D eigenvalue weighted by Gasteiger charge is -2.28. The zero-order valence-electron chi connectivity index (χ0n) is 30.2. The summed E-state index contributed by atoms with van der Waals surface area (Å²) < 4.78 is 2.35. The quantitative estimate of drug-likeness (QED) is 0.175. The normalized spacial score (nSPS) is 13.9. The number of hydrogen-bond donors (Lipinski definition) is 0. The standard InChI is InChI=1S/C53H36N2/c1-4-14-35(15-5-1)52-44-22-12-13-23-45(44)53(36-16-6-2-7-17-36)48-33-37(24-26-46(48)52)40-27-28-41(43-21-11-10-20-42(40)43)38-25-29-50-47(32-38)49-34-54-31-30-51(49)55(50)39-18-8-3-9-19-39/h1-32,34,37H,33H2. The third-order valence-electron chi connectivity index (χ3n) is 11.7. The zero-order valence-corrected chi connectivity index (χ0v) is 30.2. The van der Waals surface area contributed by atoms with Gasteiger partial charge in [0.05, 0.1) is 11.0 Å². The molecule has 2 nitrogen and oxygen atoms in total. The fraction of sp³-hybridized carbons (Fsp3) is 0.0377. The van der Waals surface area contributed by atoms with Crippen molar-refractivity contribution in [1.82, 2.24) is 9.55 Å². The van der Waals surface area contributed by atoms with E-state index in [1.54, 1.807) is 0 Å². The van der Waals surface area contributed by atoms with Crippen LogP contribution >= 0.6 is 0 Å². The molecule has 1 atom stereocenters. The molecule has 0 N–H and O–H groups in total. The molecule has 55 heavy (non-hydrogen) atoms. The zero-order chi connectivity index (χ0) is 36.3. The van der Waals surface area contributed by atoms with Crippen LogP contribution in [0.15, 0.2) is 194 Å². The molecule has 0 radical (unpaired) electrons. The highest BCUT2D eigenvalue weighted by Crippen LogP contribution is 2.48. The molecule has 0 fully saturated rings. The number of fused-ring (bicyclic) bond motifs is 6. The molecular formula is C53H36N2. The molecule has 10 aromatic rings. The minimum absolute atomic E-state index is 0.219. The van der Waals surface area contributed by atoms with Gasteiger partial charge in [0.25, 0.3) is 0 Å².